The number of halogens is 1. The highest BCUT2D eigenvalue weighted by molar-refractivity contribution is 9.10. The topological polar surface area (TPSA) is 75.8 Å². The predicted octanol–water partition coefficient (Wildman–Crippen LogP) is 2.27. The molecule has 0 spiro atoms. The molecule has 0 aliphatic carbocycles. The van der Waals surface area contributed by atoms with Crippen molar-refractivity contribution < 1.29 is 8.42 Å². The molecule has 1 aliphatic rings. The van der Waals surface area contributed by atoms with Crippen molar-refractivity contribution >= 4 is 31.7 Å². The van der Waals surface area contributed by atoms with Gasteiger partial charge in [0.25, 0.3) is 0 Å². The Hall–Kier alpha value is -1.08. The molecule has 0 aromatic heterocycles. The van der Waals surface area contributed by atoms with Gasteiger partial charge in [-0.25, -0.2) is 8.42 Å². The first-order valence-electron chi connectivity index (χ1n) is 7.41. The fourth-order valence-electron chi connectivity index (χ4n) is 2.38. The summed E-state index contributed by atoms with van der Waals surface area (Å²) < 4.78 is 25.3. The number of rotatable bonds is 4. The number of hydrogen-bond donors (Lipinski definition) is 1. The van der Waals surface area contributed by atoms with Crippen LogP contribution in [0.2, 0.25) is 0 Å². The standard InChI is InChI=1S/C15H22BrN3O2S/c1-12-6-9-19(10-7-12)15(17)18-8-11-22(20,21)14-4-2-13(16)3-5-14/h2-5,12H,6-11H2,1H3,(H2,17,18). The van der Waals surface area contributed by atoms with Crippen LogP contribution in [0.1, 0.15) is 19.8 Å². The highest BCUT2D eigenvalue weighted by Gasteiger charge is 2.18. The molecular weight excluding hydrogens is 366 g/mol. The van der Waals surface area contributed by atoms with Gasteiger partial charge < -0.3 is 10.6 Å². The van der Waals surface area contributed by atoms with Gasteiger partial charge in [0.2, 0.25) is 0 Å². The molecule has 1 aromatic rings. The maximum atomic E-state index is 12.2. The number of guanidine groups is 1. The maximum absolute atomic E-state index is 12.2. The number of likely N-dealkylation sites (tertiary alicyclic amines) is 1. The van der Waals surface area contributed by atoms with E-state index in [9.17, 15) is 8.42 Å². The second-order valence-corrected chi connectivity index (χ2v) is 8.71. The second kappa shape index (κ2) is 7.46. The van der Waals surface area contributed by atoms with Gasteiger partial charge in [-0.3, -0.25) is 4.99 Å². The van der Waals surface area contributed by atoms with E-state index >= 15 is 0 Å². The summed E-state index contributed by atoms with van der Waals surface area (Å²) in [5.74, 6) is 1.15. The summed E-state index contributed by atoms with van der Waals surface area (Å²) in [4.78, 5) is 6.58. The second-order valence-electron chi connectivity index (χ2n) is 5.68. The lowest BCUT2D eigenvalue weighted by atomic mass is 10.00. The molecule has 1 fully saturated rings. The Morgan fingerprint density at radius 2 is 1.91 bits per heavy atom. The Bertz CT molecular complexity index is 621. The molecule has 0 amide bonds. The quantitative estimate of drug-likeness (QED) is 0.634. The zero-order chi connectivity index (χ0) is 16.2. The Balaban J connectivity index is 1.91. The first-order chi connectivity index (χ1) is 10.4. The smallest absolute Gasteiger partial charge is 0.191 e. The maximum Gasteiger partial charge on any atom is 0.191 e. The highest BCUT2D eigenvalue weighted by Crippen LogP contribution is 2.17. The summed E-state index contributed by atoms with van der Waals surface area (Å²) >= 11 is 3.29. The van der Waals surface area contributed by atoms with Crippen molar-refractivity contribution in [2.24, 2.45) is 16.6 Å². The number of hydrogen-bond acceptors (Lipinski definition) is 3. The lowest BCUT2D eigenvalue weighted by Crippen LogP contribution is -2.42. The largest absolute Gasteiger partial charge is 0.370 e. The summed E-state index contributed by atoms with van der Waals surface area (Å²) in [7, 11) is -3.31. The van der Waals surface area contributed by atoms with Crippen LogP contribution in [0.15, 0.2) is 38.6 Å². The Morgan fingerprint density at radius 1 is 1.32 bits per heavy atom. The molecule has 1 aliphatic heterocycles. The first-order valence-corrected chi connectivity index (χ1v) is 9.86. The number of aliphatic imine (C=N–C) groups is 1. The summed E-state index contributed by atoms with van der Waals surface area (Å²) in [6.45, 7) is 4.22. The van der Waals surface area contributed by atoms with Crippen molar-refractivity contribution in [1.29, 1.82) is 0 Å². The van der Waals surface area contributed by atoms with Gasteiger partial charge in [-0.2, -0.15) is 0 Å². The molecule has 7 heteroatoms. The third-order valence-electron chi connectivity index (χ3n) is 3.91. The molecule has 1 saturated heterocycles. The van der Waals surface area contributed by atoms with Crippen molar-refractivity contribution in [2.75, 3.05) is 25.4 Å². The third kappa shape index (κ3) is 4.71. The molecule has 0 bridgehead atoms. The van der Waals surface area contributed by atoms with Crippen molar-refractivity contribution in [3.8, 4) is 0 Å². The summed E-state index contributed by atoms with van der Waals surface area (Å²) in [5, 5.41) is 0. The van der Waals surface area contributed by atoms with Crippen LogP contribution >= 0.6 is 15.9 Å². The van der Waals surface area contributed by atoms with Gasteiger partial charge in [0.1, 0.15) is 0 Å². The molecule has 1 heterocycles. The van der Waals surface area contributed by atoms with Gasteiger partial charge in [-0.05, 0) is 43.0 Å². The molecule has 2 N–H and O–H groups in total. The highest BCUT2D eigenvalue weighted by atomic mass is 79.9. The SMILES string of the molecule is CC1CCN(C(N)=NCCS(=O)(=O)c2ccc(Br)cc2)CC1. The first kappa shape index (κ1) is 17.3. The Morgan fingerprint density at radius 3 is 2.50 bits per heavy atom. The molecule has 0 unspecified atom stereocenters. The van der Waals surface area contributed by atoms with Crippen LogP contribution in [0.5, 0.6) is 0 Å². The molecule has 0 saturated carbocycles. The van der Waals surface area contributed by atoms with Crippen LogP contribution in [-0.2, 0) is 9.84 Å². The fraction of sp³-hybridized carbons (Fsp3) is 0.533. The number of sulfone groups is 1. The summed E-state index contributed by atoms with van der Waals surface area (Å²) in [6, 6.07) is 6.63. The molecule has 0 radical (unpaired) electrons. The van der Waals surface area contributed by atoms with Gasteiger partial charge >= 0.3 is 0 Å². The third-order valence-corrected chi connectivity index (χ3v) is 6.15. The lowest BCUT2D eigenvalue weighted by molar-refractivity contribution is 0.278. The zero-order valence-corrected chi connectivity index (χ0v) is 15.1. The van der Waals surface area contributed by atoms with Crippen LogP contribution in [0.4, 0.5) is 0 Å². The predicted molar refractivity (Wildman–Crippen MR) is 92.7 cm³/mol. The van der Waals surface area contributed by atoms with Crippen molar-refractivity contribution in [3.05, 3.63) is 28.7 Å². The monoisotopic (exact) mass is 387 g/mol. The minimum Gasteiger partial charge on any atom is -0.370 e. The van der Waals surface area contributed by atoms with E-state index in [1.165, 1.54) is 0 Å². The van der Waals surface area contributed by atoms with E-state index in [2.05, 4.69) is 27.8 Å². The number of benzene rings is 1. The van der Waals surface area contributed by atoms with Gasteiger partial charge in [0.15, 0.2) is 15.8 Å². The van der Waals surface area contributed by atoms with Gasteiger partial charge in [-0.15, -0.1) is 0 Å². The van der Waals surface area contributed by atoms with Gasteiger partial charge in [0.05, 0.1) is 17.2 Å². The van der Waals surface area contributed by atoms with Crippen LogP contribution in [0.3, 0.4) is 0 Å². The van der Waals surface area contributed by atoms with E-state index in [0.29, 0.717) is 10.9 Å². The molecule has 1 aromatic carbocycles. The number of piperidine rings is 1. The van der Waals surface area contributed by atoms with Crippen molar-refractivity contribution in [3.63, 3.8) is 0 Å². The van der Waals surface area contributed by atoms with E-state index in [1.807, 2.05) is 4.90 Å². The average molecular weight is 388 g/mol. The Labute approximate surface area is 140 Å². The van der Waals surface area contributed by atoms with E-state index in [4.69, 9.17) is 5.73 Å². The minimum atomic E-state index is -3.31. The van der Waals surface area contributed by atoms with Crippen molar-refractivity contribution in [2.45, 2.75) is 24.7 Å². The van der Waals surface area contributed by atoms with E-state index in [-0.39, 0.29) is 12.3 Å². The summed E-state index contributed by atoms with van der Waals surface area (Å²) in [5.41, 5.74) is 5.96. The zero-order valence-electron chi connectivity index (χ0n) is 12.7. The van der Waals surface area contributed by atoms with E-state index in [1.54, 1.807) is 24.3 Å². The van der Waals surface area contributed by atoms with Crippen LogP contribution in [-0.4, -0.2) is 44.7 Å². The molecule has 5 nitrogen and oxygen atoms in total. The van der Waals surface area contributed by atoms with Crippen LogP contribution < -0.4 is 5.73 Å². The fourth-order valence-corrected chi connectivity index (χ4v) is 3.76. The molecule has 0 atom stereocenters. The summed E-state index contributed by atoms with van der Waals surface area (Å²) in [6.07, 6.45) is 2.21. The molecule has 22 heavy (non-hydrogen) atoms. The molecular formula is C15H22BrN3O2S. The lowest BCUT2D eigenvalue weighted by Gasteiger charge is -2.31. The normalized spacial score (nSPS) is 17.7. The molecule has 122 valence electrons. The van der Waals surface area contributed by atoms with Gasteiger partial charge in [0, 0.05) is 17.6 Å². The van der Waals surface area contributed by atoms with Gasteiger partial charge in [-0.1, -0.05) is 22.9 Å². The van der Waals surface area contributed by atoms with E-state index < -0.39 is 9.84 Å². The Kier molecular flexibility index (Phi) is 5.86. The molecule has 2 rings (SSSR count). The average Bonchev–Trinajstić information content (AvgIpc) is 2.48. The van der Waals surface area contributed by atoms with Crippen LogP contribution in [0, 0.1) is 5.92 Å². The van der Waals surface area contributed by atoms with Crippen LogP contribution in [0.25, 0.3) is 0 Å². The minimum absolute atomic E-state index is 0.0282. The van der Waals surface area contributed by atoms with E-state index in [0.717, 1.165) is 36.3 Å². The number of nitrogens with two attached hydrogens (primary N) is 1. The number of nitrogens with zero attached hydrogens (tertiary/aromatic N) is 2. The van der Waals surface area contributed by atoms with Crippen molar-refractivity contribution in [1.82, 2.24) is 4.90 Å².